The third-order valence-electron chi connectivity index (χ3n) is 2.48. The number of nitrogens with one attached hydrogen (secondary N) is 1. The number of hydrogen-bond acceptors (Lipinski definition) is 3. The van der Waals surface area contributed by atoms with Gasteiger partial charge in [-0.05, 0) is 23.6 Å². The summed E-state index contributed by atoms with van der Waals surface area (Å²) in [5.41, 5.74) is 2.23. The van der Waals surface area contributed by atoms with Crippen LogP contribution in [0.2, 0.25) is 0 Å². The average molecular weight is 235 g/mol. The van der Waals surface area contributed by atoms with Crippen molar-refractivity contribution in [3.05, 3.63) is 35.4 Å². The Morgan fingerprint density at radius 3 is 2.35 bits per heavy atom. The van der Waals surface area contributed by atoms with E-state index in [1.165, 1.54) is 12.7 Å². The number of ether oxygens (including phenoxy) is 1. The smallest absolute Gasteiger partial charge is 0.309 e. The zero-order valence-electron chi connectivity index (χ0n) is 10.8. The van der Waals surface area contributed by atoms with Crippen LogP contribution < -0.4 is 5.32 Å². The molecule has 0 bridgehead atoms. The molecular formula is C14H21NO2. The minimum absolute atomic E-state index is 0.198. The van der Waals surface area contributed by atoms with Crippen molar-refractivity contribution in [1.82, 2.24) is 5.32 Å². The van der Waals surface area contributed by atoms with E-state index in [0.717, 1.165) is 18.7 Å². The number of carbonyl (C=O) groups excluding carboxylic acids is 1. The van der Waals surface area contributed by atoms with Gasteiger partial charge in [-0.3, -0.25) is 4.79 Å². The first-order valence-corrected chi connectivity index (χ1v) is 5.97. The van der Waals surface area contributed by atoms with Crippen LogP contribution in [0.4, 0.5) is 0 Å². The molecule has 0 heterocycles. The van der Waals surface area contributed by atoms with Crippen molar-refractivity contribution in [2.24, 2.45) is 5.92 Å². The van der Waals surface area contributed by atoms with Gasteiger partial charge in [0.1, 0.15) is 0 Å². The van der Waals surface area contributed by atoms with Gasteiger partial charge >= 0.3 is 5.97 Å². The summed E-state index contributed by atoms with van der Waals surface area (Å²) in [6.45, 7) is 6.26. The molecule has 0 atom stereocenters. The molecule has 1 N–H and O–H groups in total. The zero-order chi connectivity index (χ0) is 12.7. The maximum atomic E-state index is 11.1. The van der Waals surface area contributed by atoms with Gasteiger partial charge in [0.15, 0.2) is 0 Å². The molecule has 0 saturated carbocycles. The lowest BCUT2D eigenvalue weighted by atomic mass is 10.1. The summed E-state index contributed by atoms with van der Waals surface area (Å²) in [5.74, 6) is 0.462. The molecule has 0 amide bonds. The van der Waals surface area contributed by atoms with E-state index in [4.69, 9.17) is 0 Å². The van der Waals surface area contributed by atoms with E-state index >= 15 is 0 Å². The predicted octanol–water partition coefficient (Wildman–Crippen LogP) is 2.15. The highest BCUT2D eigenvalue weighted by molar-refractivity contribution is 5.72. The molecule has 0 aromatic heterocycles. The molecule has 0 radical (unpaired) electrons. The number of methoxy groups -OCH3 is 1. The molecule has 1 aromatic rings. The second-order valence-electron chi connectivity index (χ2n) is 4.59. The fraction of sp³-hybridized carbons (Fsp3) is 0.500. The Hall–Kier alpha value is -1.35. The van der Waals surface area contributed by atoms with Crippen LogP contribution >= 0.6 is 0 Å². The second kappa shape index (κ2) is 7.07. The van der Waals surface area contributed by atoms with E-state index in [1.807, 2.05) is 24.3 Å². The Kier molecular flexibility index (Phi) is 5.70. The third kappa shape index (κ3) is 5.50. The first kappa shape index (κ1) is 13.7. The Balaban J connectivity index is 2.42. The van der Waals surface area contributed by atoms with Crippen molar-refractivity contribution in [3.63, 3.8) is 0 Å². The van der Waals surface area contributed by atoms with E-state index in [9.17, 15) is 4.79 Å². The Bertz CT molecular complexity index is 344. The monoisotopic (exact) mass is 235 g/mol. The van der Waals surface area contributed by atoms with Crippen molar-refractivity contribution in [2.45, 2.75) is 26.8 Å². The van der Waals surface area contributed by atoms with E-state index in [0.29, 0.717) is 12.3 Å². The van der Waals surface area contributed by atoms with Gasteiger partial charge in [-0.2, -0.15) is 0 Å². The van der Waals surface area contributed by atoms with Crippen molar-refractivity contribution < 1.29 is 9.53 Å². The van der Waals surface area contributed by atoms with E-state index < -0.39 is 0 Å². The number of rotatable bonds is 6. The SMILES string of the molecule is COC(=O)Cc1ccc(CNCC(C)C)cc1. The molecule has 94 valence electrons. The van der Waals surface area contributed by atoms with Crippen LogP contribution in [0, 0.1) is 5.92 Å². The quantitative estimate of drug-likeness (QED) is 0.768. The number of benzene rings is 1. The Morgan fingerprint density at radius 1 is 1.24 bits per heavy atom. The highest BCUT2D eigenvalue weighted by Gasteiger charge is 2.02. The molecule has 0 aliphatic heterocycles. The molecule has 0 unspecified atom stereocenters. The van der Waals surface area contributed by atoms with Crippen LogP contribution in [0.15, 0.2) is 24.3 Å². The van der Waals surface area contributed by atoms with Gasteiger partial charge in [-0.25, -0.2) is 0 Å². The largest absolute Gasteiger partial charge is 0.469 e. The van der Waals surface area contributed by atoms with Crippen LogP contribution in [-0.2, 0) is 22.5 Å². The number of esters is 1. The molecule has 17 heavy (non-hydrogen) atoms. The van der Waals surface area contributed by atoms with Crippen molar-refractivity contribution in [2.75, 3.05) is 13.7 Å². The fourth-order valence-electron chi connectivity index (χ4n) is 1.52. The van der Waals surface area contributed by atoms with E-state index in [1.54, 1.807) is 0 Å². The molecular weight excluding hydrogens is 214 g/mol. The lowest BCUT2D eigenvalue weighted by Crippen LogP contribution is -2.18. The van der Waals surface area contributed by atoms with E-state index in [-0.39, 0.29) is 5.97 Å². The Morgan fingerprint density at radius 2 is 1.82 bits per heavy atom. The van der Waals surface area contributed by atoms with Gasteiger partial charge in [0.25, 0.3) is 0 Å². The maximum Gasteiger partial charge on any atom is 0.309 e. The molecule has 0 fully saturated rings. The molecule has 0 aliphatic rings. The molecule has 1 aromatic carbocycles. The third-order valence-corrected chi connectivity index (χ3v) is 2.48. The van der Waals surface area contributed by atoms with Crippen molar-refractivity contribution >= 4 is 5.97 Å². The van der Waals surface area contributed by atoms with Gasteiger partial charge in [-0.15, -0.1) is 0 Å². The molecule has 0 spiro atoms. The lowest BCUT2D eigenvalue weighted by Gasteiger charge is -2.08. The van der Waals surface area contributed by atoms with Crippen LogP contribution in [-0.4, -0.2) is 19.6 Å². The zero-order valence-corrected chi connectivity index (χ0v) is 10.8. The minimum atomic E-state index is -0.198. The van der Waals surface area contributed by atoms with Gasteiger partial charge in [0.05, 0.1) is 13.5 Å². The topological polar surface area (TPSA) is 38.3 Å². The van der Waals surface area contributed by atoms with Gasteiger partial charge in [0, 0.05) is 6.54 Å². The number of carbonyl (C=O) groups is 1. The predicted molar refractivity (Wildman–Crippen MR) is 68.7 cm³/mol. The summed E-state index contributed by atoms with van der Waals surface area (Å²) >= 11 is 0. The second-order valence-corrected chi connectivity index (χ2v) is 4.59. The summed E-state index contributed by atoms with van der Waals surface area (Å²) in [6.07, 6.45) is 0.343. The van der Waals surface area contributed by atoms with Crippen LogP contribution in [0.25, 0.3) is 0 Å². The summed E-state index contributed by atoms with van der Waals surface area (Å²) in [6, 6.07) is 8.05. The maximum absolute atomic E-state index is 11.1. The number of hydrogen-bond donors (Lipinski definition) is 1. The molecule has 3 heteroatoms. The molecule has 3 nitrogen and oxygen atoms in total. The van der Waals surface area contributed by atoms with Crippen molar-refractivity contribution in [1.29, 1.82) is 0 Å². The first-order chi connectivity index (χ1) is 8.11. The van der Waals surface area contributed by atoms with Crippen LogP contribution in [0.3, 0.4) is 0 Å². The first-order valence-electron chi connectivity index (χ1n) is 5.97. The van der Waals surface area contributed by atoms with Crippen LogP contribution in [0.1, 0.15) is 25.0 Å². The van der Waals surface area contributed by atoms with E-state index in [2.05, 4.69) is 23.9 Å². The average Bonchev–Trinajstić information content (AvgIpc) is 2.31. The standard InChI is InChI=1S/C14H21NO2/c1-11(2)9-15-10-13-6-4-12(5-7-13)8-14(16)17-3/h4-7,11,15H,8-10H2,1-3H3. The molecule has 0 aliphatic carbocycles. The van der Waals surface area contributed by atoms with Crippen molar-refractivity contribution in [3.8, 4) is 0 Å². The summed E-state index contributed by atoms with van der Waals surface area (Å²) in [5, 5.41) is 3.38. The van der Waals surface area contributed by atoms with Gasteiger partial charge < -0.3 is 10.1 Å². The van der Waals surface area contributed by atoms with Crippen LogP contribution in [0.5, 0.6) is 0 Å². The lowest BCUT2D eigenvalue weighted by molar-refractivity contribution is -0.139. The minimum Gasteiger partial charge on any atom is -0.469 e. The van der Waals surface area contributed by atoms with Gasteiger partial charge in [-0.1, -0.05) is 38.1 Å². The molecule has 0 saturated heterocycles. The highest BCUT2D eigenvalue weighted by atomic mass is 16.5. The summed E-state index contributed by atoms with van der Waals surface area (Å²) in [7, 11) is 1.41. The summed E-state index contributed by atoms with van der Waals surface area (Å²) < 4.78 is 4.62. The van der Waals surface area contributed by atoms with Gasteiger partial charge in [0.2, 0.25) is 0 Å². The Labute approximate surface area is 103 Å². The fourth-order valence-corrected chi connectivity index (χ4v) is 1.52. The summed E-state index contributed by atoms with van der Waals surface area (Å²) in [4.78, 5) is 11.1. The normalized spacial score (nSPS) is 10.6. The highest BCUT2D eigenvalue weighted by Crippen LogP contribution is 2.06. The molecule has 1 rings (SSSR count).